The minimum atomic E-state index is -4.84. The van der Waals surface area contributed by atoms with Gasteiger partial charge in [-0.1, -0.05) is 6.07 Å². The second-order valence-electron chi connectivity index (χ2n) is 7.38. The van der Waals surface area contributed by atoms with Crippen LogP contribution in [0.15, 0.2) is 38.8 Å². The number of hydrogen-bond acceptors (Lipinski definition) is 6. The summed E-state index contributed by atoms with van der Waals surface area (Å²) in [6.45, 7) is 0.0856. The second-order valence-corrected chi connectivity index (χ2v) is 7.38. The first-order valence-electron chi connectivity index (χ1n) is 9.21. The molecule has 30 heavy (non-hydrogen) atoms. The molecule has 0 atom stereocenters. The van der Waals surface area contributed by atoms with Crippen molar-refractivity contribution in [2.45, 2.75) is 44.2 Å². The summed E-state index contributed by atoms with van der Waals surface area (Å²) in [5.74, 6) is -0.197. The molecule has 1 aliphatic heterocycles. The van der Waals surface area contributed by atoms with Crippen molar-refractivity contribution in [1.29, 1.82) is 0 Å². The Morgan fingerprint density at radius 2 is 1.93 bits per heavy atom. The number of nitrogens with zero attached hydrogens (tertiary/aromatic N) is 3. The van der Waals surface area contributed by atoms with Gasteiger partial charge in [0, 0.05) is 19.7 Å². The first kappa shape index (κ1) is 20.2. The monoisotopic (exact) mass is 425 g/mol. The molecule has 1 fully saturated rings. The standard InChI is InChI=1S/C19H18F3N3O5/c1-24-15-13(16(26)25(17(24)27)8-7-18(28)5-6-18)10-14(23-15)29-11-3-2-4-12(9-11)30-19(20,21)22/h2-4,9,28H,5-8,10H2,1H3. The predicted molar refractivity (Wildman–Crippen MR) is 99.3 cm³/mol. The molecule has 2 heterocycles. The molecule has 1 N–H and O–H groups in total. The zero-order valence-electron chi connectivity index (χ0n) is 15.9. The van der Waals surface area contributed by atoms with Gasteiger partial charge in [-0.15, -0.1) is 13.2 Å². The van der Waals surface area contributed by atoms with Crippen LogP contribution >= 0.6 is 0 Å². The van der Waals surface area contributed by atoms with E-state index in [-0.39, 0.29) is 36.0 Å². The number of halogens is 3. The summed E-state index contributed by atoms with van der Waals surface area (Å²) in [4.78, 5) is 29.5. The van der Waals surface area contributed by atoms with Crippen LogP contribution in [0, 0.1) is 0 Å². The van der Waals surface area contributed by atoms with E-state index >= 15 is 0 Å². The number of aromatic nitrogens is 2. The fourth-order valence-electron chi connectivity index (χ4n) is 3.27. The van der Waals surface area contributed by atoms with Crippen LogP contribution in [0.3, 0.4) is 0 Å². The molecule has 0 amide bonds. The van der Waals surface area contributed by atoms with Gasteiger partial charge in [-0.25, -0.2) is 4.79 Å². The first-order valence-corrected chi connectivity index (χ1v) is 9.21. The Bertz CT molecular complexity index is 1150. The predicted octanol–water partition coefficient (Wildman–Crippen LogP) is 2.03. The lowest BCUT2D eigenvalue weighted by Gasteiger charge is -2.12. The van der Waals surface area contributed by atoms with Crippen LogP contribution in [0.1, 0.15) is 24.8 Å². The summed E-state index contributed by atoms with van der Waals surface area (Å²) in [7, 11) is 1.47. The SMILES string of the molecule is Cn1c2c(c(=O)n(CCC3(O)CC3)c1=O)CC(Oc1cccc(OC(F)(F)F)c1)=N2. The molecule has 1 aliphatic carbocycles. The Balaban J connectivity index is 1.56. The average Bonchev–Trinajstić information content (AvgIpc) is 3.23. The van der Waals surface area contributed by atoms with Gasteiger partial charge in [0.15, 0.2) is 0 Å². The van der Waals surface area contributed by atoms with Gasteiger partial charge >= 0.3 is 12.1 Å². The molecule has 2 aliphatic rings. The van der Waals surface area contributed by atoms with Gasteiger partial charge in [-0.2, -0.15) is 4.99 Å². The molecule has 0 saturated heterocycles. The molecule has 1 aromatic carbocycles. The van der Waals surface area contributed by atoms with E-state index in [1.54, 1.807) is 0 Å². The topological polar surface area (TPSA) is 95.0 Å². The third-order valence-electron chi connectivity index (χ3n) is 5.07. The van der Waals surface area contributed by atoms with E-state index in [2.05, 4.69) is 9.73 Å². The van der Waals surface area contributed by atoms with Gasteiger partial charge in [0.1, 0.15) is 17.3 Å². The Morgan fingerprint density at radius 3 is 2.60 bits per heavy atom. The summed E-state index contributed by atoms with van der Waals surface area (Å²) < 4.78 is 48.8. The molecule has 11 heteroatoms. The smallest absolute Gasteiger partial charge is 0.442 e. The summed E-state index contributed by atoms with van der Waals surface area (Å²) in [5.41, 5.74) is -1.64. The lowest BCUT2D eigenvalue weighted by Crippen LogP contribution is -2.41. The Hall–Kier alpha value is -3.08. The number of aliphatic hydroxyl groups is 1. The third kappa shape index (κ3) is 4.11. The molecule has 160 valence electrons. The zero-order chi connectivity index (χ0) is 21.7. The van der Waals surface area contributed by atoms with Gasteiger partial charge in [-0.05, 0) is 31.4 Å². The summed E-state index contributed by atoms with van der Waals surface area (Å²) in [6, 6.07) is 4.92. The number of aliphatic imine (C=N–C) groups is 1. The van der Waals surface area contributed by atoms with E-state index < -0.39 is 29.0 Å². The largest absolute Gasteiger partial charge is 0.573 e. The molecule has 8 nitrogen and oxygen atoms in total. The lowest BCUT2D eigenvalue weighted by molar-refractivity contribution is -0.274. The van der Waals surface area contributed by atoms with E-state index in [0.717, 1.165) is 16.7 Å². The van der Waals surface area contributed by atoms with E-state index in [1.165, 1.54) is 23.7 Å². The van der Waals surface area contributed by atoms with Crippen molar-refractivity contribution in [1.82, 2.24) is 9.13 Å². The molecule has 1 aromatic heterocycles. The quantitative estimate of drug-likeness (QED) is 0.791. The minimum Gasteiger partial charge on any atom is -0.442 e. The lowest BCUT2D eigenvalue weighted by atomic mass is 10.2. The van der Waals surface area contributed by atoms with E-state index in [9.17, 15) is 27.9 Å². The van der Waals surface area contributed by atoms with Crippen LogP contribution in [-0.4, -0.2) is 32.1 Å². The van der Waals surface area contributed by atoms with Crippen LogP contribution < -0.4 is 20.7 Å². The Labute approximate surface area is 167 Å². The molecular formula is C19H18F3N3O5. The van der Waals surface area contributed by atoms with Crippen molar-refractivity contribution in [3.63, 3.8) is 0 Å². The van der Waals surface area contributed by atoms with Crippen molar-refractivity contribution >= 4 is 11.7 Å². The van der Waals surface area contributed by atoms with Crippen LogP contribution in [0.4, 0.5) is 19.0 Å². The van der Waals surface area contributed by atoms with E-state index in [0.29, 0.717) is 19.3 Å². The van der Waals surface area contributed by atoms with Crippen LogP contribution in [0.2, 0.25) is 0 Å². The first-order chi connectivity index (χ1) is 14.0. The van der Waals surface area contributed by atoms with Crippen molar-refractivity contribution in [3.05, 3.63) is 50.7 Å². The highest BCUT2D eigenvalue weighted by Gasteiger charge is 2.40. The molecule has 2 aromatic rings. The molecule has 0 radical (unpaired) electrons. The molecule has 0 unspecified atom stereocenters. The maximum Gasteiger partial charge on any atom is 0.573 e. The highest BCUT2D eigenvalue weighted by Crippen LogP contribution is 2.38. The van der Waals surface area contributed by atoms with Crippen LogP contribution in [0.5, 0.6) is 11.5 Å². The van der Waals surface area contributed by atoms with Crippen LogP contribution in [-0.2, 0) is 20.0 Å². The Morgan fingerprint density at radius 1 is 1.23 bits per heavy atom. The van der Waals surface area contributed by atoms with Gasteiger partial charge in [0.2, 0.25) is 5.90 Å². The highest BCUT2D eigenvalue weighted by molar-refractivity contribution is 5.88. The number of benzene rings is 1. The zero-order valence-corrected chi connectivity index (χ0v) is 15.9. The van der Waals surface area contributed by atoms with Crippen molar-refractivity contribution in [3.8, 4) is 11.5 Å². The molecular weight excluding hydrogens is 407 g/mol. The second kappa shape index (κ2) is 7.01. The maximum absolute atomic E-state index is 12.8. The summed E-state index contributed by atoms with van der Waals surface area (Å²) in [5, 5.41) is 9.99. The Kier molecular flexibility index (Phi) is 4.72. The molecule has 1 saturated carbocycles. The average molecular weight is 425 g/mol. The molecule has 4 rings (SSSR count). The number of fused-ring (bicyclic) bond motifs is 1. The fraction of sp³-hybridized carbons (Fsp3) is 0.421. The molecule has 0 spiro atoms. The number of ether oxygens (including phenoxy) is 2. The van der Waals surface area contributed by atoms with Crippen molar-refractivity contribution < 1.29 is 27.8 Å². The number of rotatable bonds is 5. The minimum absolute atomic E-state index is 0.0170. The van der Waals surface area contributed by atoms with Gasteiger partial charge in [-0.3, -0.25) is 13.9 Å². The third-order valence-corrected chi connectivity index (χ3v) is 5.07. The van der Waals surface area contributed by atoms with Gasteiger partial charge in [0.25, 0.3) is 5.56 Å². The van der Waals surface area contributed by atoms with E-state index in [4.69, 9.17) is 4.74 Å². The normalized spacial score (nSPS) is 16.8. The van der Waals surface area contributed by atoms with E-state index in [1.807, 2.05) is 0 Å². The summed E-state index contributed by atoms with van der Waals surface area (Å²) >= 11 is 0. The maximum atomic E-state index is 12.8. The number of alkyl halides is 3. The van der Waals surface area contributed by atoms with Crippen molar-refractivity contribution in [2.75, 3.05) is 0 Å². The van der Waals surface area contributed by atoms with Crippen molar-refractivity contribution in [2.24, 2.45) is 12.0 Å². The van der Waals surface area contributed by atoms with Gasteiger partial charge in [0.05, 0.1) is 17.6 Å². The fourth-order valence-corrected chi connectivity index (χ4v) is 3.27. The number of hydrogen-bond donors (Lipinski definition) is 1. The highest BCUT2D eigenvalue weighted by atomic mass is 19.4. The summed E-state index contributed by atoms with van der Waals surface area (Å²) in [6.07, 6.45) is -3.26. The van der Waals surface area contributed by atoms with Crippen LogP contribution in [0.25, 0.3) is 0 Å². The molecule has 0 bridgehead atoms. The van der Waals surface area contributed by atoms with Gasteiger partial charge < -0.3 is 14.6 Å².